The quantitative estimate of drug-likeness (QED) is 0.846. The lowest BCUT2D eigenvalue weighted by Crippen LogP contribution is -2.29. The lowest BCUT2D eigenvalue weighted by Gasteiger charge is -2.23. The minimum Gasteiger partial charge on any atom is -0.356 e. The molecule has 0 aliphatic carbocycles. The highest BCUT2D eigenvalue weighted by Gasteiger charge is 2.41. The van der Waals surface area contributed by atoms with Crippen molar-refractivity contribution in [1.29, 1.82) is 5.26 Å². The monoisotopic (exact) mass is 335 g/mol. The highest BCUT2D eigenvalue weighted by molar-refractivity contribution is 5.45. The Bertz CT molecular complexity index is 782. The Kier molecular flexibility index (Phi) is 3.96. The lowest BCUT2D eigenvalue weighted by molar-refractivity contribution is 0.533. The molecule has 0 radical (unpaired) electrons. The van der Waals surface area contributed by atoms with Crippen LogP contribution in [0, 0.1) is 23.2 Å². The van der Waals surface area contributed by atoms with Crippen LogP contribution in [0.25, 0.3) is 0 Å². The van der Waals surface area contributed by atoms with E-state index >= 15 is 0 Å². The first-order valence-electron chi connectivity index (χ1n) is 8.68. The van der Waals surface area contributed by atoms with E-state index in [0.29, 0.717) is 23.4 Å². The minimum atomic E-state index is 0.360. The molecule has 0 saturated carbocycles. The maximum absolute atomic E-state index is 8.83. The number of aromatic nitrogens is 4. The number of nitrogens with zero attached hydrogens (tertiary/aromatic N) is 7. The zero-order valence-corrected chi connectivity index (χ0v) is 14.5. The Balaban J connectivity index is 1.43. The van der Waals surface area contributed by atoms with Crippen molar-refractivity contribution in [2.24, 2.45) is 11.8 Å². The highest BCUT2D eigenvalue weighted by Crippen LogP contribution is 2.35. The minimum absolute atomic E-state index is 0.360. The van der Waals surface area contributed by atoms with Crippen molar-refractivity contribution in [1.82, 2.24) is 19.9 Å². The van der Waals surface area contributed by atoms with E-state index in [4.69, 9.17) is 5.26 Å². The van der Waals surface area contributed by atoms with Gasteiger partial charge in [0.25, 0.3) is 0 Å². The van der Waals surface area contributed by atoms with Gasteiger partial charge >= 0.3 is 0 Å². The first-order chi connectivity index (χ1) is 12.1. The molecule has 0 bridgehead atoms. The Morgan fingerprint density at radius 3 is 2.20 bits per heavy atom. The summed E-state index contributed by atoms with van der Waals surface area (Å²) >= 11 is 0. The van der Waals surface area contributed by atoms with Gasteiger partial charge in [-0.3, -0.25) is 0 Å². The molecule has 2 aliphatic rings. The number of nitriles is 1. The van der Waals surface area contributed by atoms with Crippen molar-refractivity contribution < 1.29 is 0 Å². The van der Waals surface area contributed by atoms with Crippen LogP contribution in [-0.4, -0.2) is 46.1 Å². The number of anilines is 2. The lowest BCUT2D eigenvalue weighted by atomic mass is 10.0. The van der Waals surface area contributed by atoms with Crippen LogP contribution in [0.15, 0.2) is 24.8 Å². The van der Waals surface area contributed by atoms with Crippen molar-refractivity contribution in [2.75, 3.05) is 36.0 Å². The molecule has 2 aromatic heterocycles. The molecule has 2 unspecified atom stereocenters. The van der Waals surface area contributed by atoms with Crippen LogP contribution in [-0.2, 0) is 0 Å². The SMILES string of the molecule is CC(C)c1cc(N2CC3CN(c4cnc(C#N)cn4)CC3C2)ncn1. The standard InChI is InChI=1S/C18H21N7/c1-12(2)16-3-17(23-11-22-16)24-7-13-9-25(10-14(13)8-24)18-6-20-15(4-19)5-21-18/h3,5-6,11-14H,7-10H2,1-2H3. The van der Waals surface area contributed by atoms with E-state index in [1.807, 2.05) is 6.07 Å². The number of rotatable bonds is 3. The van der Waals surface area contributed by atoms with Crippen molar-refractivity contribution in [2.45, 2.75) is 19.8 Å². The molecule has 0 aromatic carbocycles. The molecule has 7 nitrogen and oxygen atoms in total. The van der Waals surface area contributed by atoms with Crippen LogP contribution in [0.4, 0.5) is 11.6 Å². The molecule has 0 N–H and O–H groups in total. The summed E-state index contributed by atoms with van der Waals surface area (Å²) in [5.41, 5.74) is 1.45. The van der Waals surface area contributed by atoms with Gasteiger partial charge in [-0.1, -0.05) is 13.8 Å². The van der Waals surface area contributed by atoms with Crippen molar-refractivity contribution in [3.8, 4) is 6.07 Å². The van der Waals surface area contributed by atoms with Gasteiger partial charge < -0.3 is 9.80 Å². The second-order valence-electron chi connectivity index (χ2n) is 7.16. The summed E-state index contributed by atoms with van der Waals surface area (Å²) in [6, 6.07) is 4.13. The predicted octanol–water partition coefficient (Wildman–Crippen LogP) is 1.83. The largest absolute Gasteiger partial charge is 0.356 e. The van der Waals surface area contributed by atoms with Crippen molar-refractivity contribution >= 4 is 11.6 Å². The molecule has 128 valence electrons. The highest BCUT2D eigenvalue weighted by atomic mass is 15.3. The second-order valence-corrected chi connectivity index (χ2v) is 7.16. The molecule has 4 rings (SSSR count). The number of hydrogen-bond acceptors (Lipinski definition) is 7. The van der Waals surface area contributed by atoms with Crippen LogP contribution in [0.1, 0.15) is 31.2 Å². The van der Waals surface area contributed by atoms with Gasteiger partial charge in [-0.2, -0.15) is 5.26 Å². The van der Waals surface area contributed by atoms with Crippen LogP contribution in [0.3, 0.4) is 0 Å². The molecule has 7 heteroatoms. The number of fused-ring (bicyclic) bond motifs is 1. The van der Waals surface area contributed by atoms with Gasteiger partial charge in [-0.15, -0.1) is 0 Å². The van der Waals surface area contributed by atoms with Gasteiger partial charge in [0, 0.05) is 49.8 Å². The van der Waals surface area contributed by atoms with E-state index in [0.717, 1.165) is 43.5 Å². The van der Waals surface area contributed by atoms with E-state index in [9.17, 15) is 0 Å². The van der Waals surface area contributed by atoms with Crippen molar-refractivity contribution in [3.05, 3.63) is 36.2 Å². The first-order valence-corrected chi connectivity index (χ1v) is 8.68. The average Bonchev–Trinajstić information content (AvgIpc) is 3.21. The molecule has 2 saturated heterocycles. The second kappa shape index (κ2) is 6.28. The Hall–Kier alpha value is -2.75. The fraction of sp³-hybridized carbons (Fsp3) is 0.500. The fourth-order valence-corrected chi connectivity index (χ4v) is 3.76. The zero-order valence-electron chi connectivity index (χ0n) is 14.5. The molecule has 2 atom stereocenters. The zero-order chi connectivity index (χ0) is 17.4. The van der Waals surface area contributed by atoms with Gasteiger partial charge in [0.2, 0.25) is 0 Å². The third-order valence-electron chi connectivity index (χ3n) is 5.15. The summed E-state index contributed by atoms with van der Waals surface area (Å²) in [5, 5.41) is 8.83. The van der Waals surface area contributed by atoms with Gasteiger partial charge in [0.1, 0.15) is 24.0 Å². The van der Waals surface area contributed by atoms with Crippen LogP contribution < -0.4 is 9.80 Å². The maximum Gasteiger partial charge on any atom is 0.158 e. The topological polar surface area (TPSA) is 81.8 Å². The van der Waals surface area contributed by atoms with E-state index in [2.05, 4.69) is 49.6 Å². The van der Waals surface area contributed by atoms with E-state index in [1.165, 1.54) is 0 Å². The van der Waals surface area contributed by atoms with Gasteiger partial charge in [0.15, 0.2) is 5.69 Å². The fourth-order valence-electron chi connectivity index (χ4n) is 3.76. The molecule has 2 fully saturated rings. The molecular formula is C18H21N7. The third kappa shape index (κ3) is 3.00. The van der Waals surface area contributed by atoms with Crippen LogP contribution in [0.2, 0.25) is 0 Å². The van der Waals surface area contributed by atoms with Crippen molar-refractivity contribution in [3.63, 3.8) is 0 Å². The van der Waals surface area contributed by atoms with E-state index < -0.39 is 0 Å². The molecule has 0 spiro atoms. The molecule has 4 heterocycles. The summed E-state index contributed by atoms with van der Waals surface area (Å²) in [6.07, 6.45) is 4.93. The Labute approximate surface area is 147 Å². The molecule has 0 amide bonds. The normalized spacial score (nSPS) is 22.3. The average molecular weight is 335 g/mol. The summed E-state index contributed by atoms with van der Waals surface area (Å²) in [4.78, 5) is 22.0. The molecule has 25 heavy (non-hydrogen) atoms. The molecule has 2 aromatic rings. The first kappa shape index (κ1) is 15.8. The Morgan fingerprint density at radius 2 is 1.64 bits per heavy atom. The van der Waals surface area contributed by atoms with Gasteiger partial charge in [-0.05, 0) is 5.92 Å². The van der Waals surface area contributed by atoms with Crippen LogP contribution >= 0.6 is 0 Å². The smallest absolute Gasteiger partial charge is 0.158 e. The molecular weight excluding hydrogens is 314 g/mol. The van der Waals surface area contributed by atoms with E-state index in [-0.39, 0.29) is 0 Å². The summed E-state index contributed by atoms with van der Waals surface area (Å²) in [6.45, 7) is 8.29. The van der Waals surface area contributed by atoms with E-state index in [1.54, 1.807) is 18.7 Å². The van der Waals surface area contributed by atoms with Crippen LogP contribution in [0.5, 0.6) is 0 Å². The van der Waals surface area contributed by atoms with Gasteiger partial charge in [0.05, 0.1) is 12.4 Å². The Morgan fingerprint density at radius 1 is 0.960 bits per heavy atom. The third-order valence-corrected chi connectivity index (χ3v) is 5.15. The summed E-state index contributed by atoms with van der Waals surface area (Å²) in [7, 11) is 0. The maximum atomic E-state index is 8.83. The predicted molar refractivity (Wildman–Crippen MR) is 94.3 cm³/mol. The summed E-state index contributed by atoms with van der Waals surface area (Å²) < 4.78 is 0. The summed E-state index contributed by atoms with van der Waals surface area (Å²) in [5.74, 6) is 3.53. The van der Waals surface area contributed by atoms with Gasteiger partial charge in [-0.25, -0.2) is 19.9 Å². The number of hydrogen-bond donors (Lipinski definition) is 0. The molecule has 2 aliphatic heterocycles.